The summed E-state index contributed by atoms with van der Waals surface area (Å²) in [6.07, 6.45) is 1.38. The van der Waals surface area contributed by atoms with Gasteiger partial charge in [0.25, 0.3) is 0 Å². The van der Waals surface area contributed by atoms with E-state index >= 15 is 0 Å². The monoisotopic (exact) mass is 240 g/mol. The largest absolute Gasteiger partial charge is 0.476 e. The number of rotatable bonds is 5. The van der Waals surface area contributed by atoms with Gasteiger partial charge in [-0.3, -0.25) is 0 Å². The van der Waals surface area contributed by atoms with Gasteiger partial charge in [0, 0.05) is 6.54 Å². The lowest BCUT2D eigenvalue weighted by atomic mass is 10.5. The van der Waals surface area contributed by atoms with Crippen molar-refractivity contribution in [3.05, 3.63) is 17.4 Å². The van der Waals surface area contributed by atoms with E-state index in [1.807, 2.05) is 0 Å². The van der Waals surface area contributed by atoms with Gasteiger partial charge in [-0.15, -0.1) is 15.3 Å². The summed E-state index contributed by atoms with van der Waals surface area (Å²) < 4.78 is 1.46. The van der Waals surface area contributed by atoms with Gasteiger partial charge in [0.15, 0.2) is 5.69 Å². The minimum Gasteiger partial charge on any atom is -0.476 e. The fraction of sp³-hybridized carbons (Fsp3) is 0.286. The zero-order chi connectivity index (χ0) is 11.4. The van der Waals surface area contributed by atoms with Gasteiger partial charge >= 0.3 is 5.97 Å². The molecule has 0 atom stereocenters. The SMILES string of the molecule is O=C(O)c1cn(CCNc2nncs2)nn1. The number of anilines is 1. The third-order valence-corrected chi connectivity index (χ3v) is 2.38. The number of hydrogen-bond donors (Lipinski definition) is 2. The maximum atomic E-state index is 10.5. The molecule has 0 saturated carbocycles. The van der Waals surface area contributed by atoms with E-state index < -0.39 is 5.97 Å². The normalized spacial score (nSPS) is 10.2. The first-order valence-corrected chi connectivity index (χ1v) is 5.27. The number of hydrogen-bond acceptors (Lipinski definition) is 7. The average molecular weight is 240 g/mol. The second kappa shape index (κ2) is 4.66. The summed E-state index contributed by atoms with van der Waals surface area (Å²) >= 11 is 1.40. The van der Waals surface area contributed by atoms with Gasteiger partial charge in [-0.25, -0.2) is 9.48 Å². The van der Waals surface area contributed by atoms with E-state index in [0.29, 0.717) is 13.1 Å². The number of carboxylic acids is 1. The summed E-state index contributed by atoms with van der Waals surface area (Å²) in [5.41, 5.74) is 1.57. The molecule has 2 rings (SSSR count). The van der Waals surface area contributed by atoms with E-state index in [-0.39, 0.29) is 5.69 Å². The van der Waals surface area contributed by atoms with Crippen molar-refractivity contribution in [2.75, 3.05) is 11.9 Å². The molecule has 0 fully saturated rings. The number of nitrogens with one attached hydrogen (secondary N) is 1. The molecule has 0 unspecified atom stereocenters. The van der Waals surface area contributed by atoms with Crippen molar-refractivity contribution < 1.29 is 9.90 Å². The number of aromatic carboxylic acids is 1. The van der Waals surface area contributed by atoms with Gasteiger partial charge in [0.05, 0.1) is 12.7 Å². The van der Waals surface area contributed by atoms with Crippen molar-refractivity contribution in [2.24, 2.45) is 0 Å². The third-order valence-electron chi connectivity index (χ3n) is 1.73. The van der Waals surface area contributed by atoms with E-state index in [1.54, 1.807) is 5.51 Å². The quantitative estimate of drug-likeness (QED) is 0.754. The van der Waals surface area contributed by atoms with Crippen LogP contribution in [0.2, 0.25) is 0 Å². The van der Waals surface area contributed by atoms with Crippen LogP contribution < -0.4 is 5.32 Å². The van der Waals surface area contributed by atoms with Gasteiger partial charge in [0.1, 0.15) is 5.51 Å². The molecule has 0 spiro atoms. The Kier molecular flexibility index (Phi) is 3.05. The van der Waals surface area contributed by atoms with E-state index in [4.69, 9.17) is 5.11 Å². The molecule has 0 aliphatic rings. The van der Waals surface area contributed by atoms with Crippen molar-refractivity contribution in [3.63, 3.8) is 0 Å². The molecule has 9 heteroatoms. The standard InChI is InChI=1S/C7H8N6O2S/c14-6(15)5-3-13(12-10-5)2-1-8-7-11-9-4-16-7/h3-4H,1-2H2,(H,8,11)(H,14,15). The summed E-state index contributed by atoms with van der Waals surface area (Å²) in [5.74, 6) is -1.08. The minimum absolute atomic E-state index is 0.0593. The maximum Gasteiger partial charge on any atom is 0.358 e. The Hall–Kier alpha value is -2.03. The molecule has 2 heterocycles. The van der Waals surface area contributed by atoms with Crippen LogP contribution in [0, 0.1) is 0 Å². The van der Waals surface area contributed by atoms with Crippen LogP contribution in [0.4, 0.5) is 5.13 Å². The van der Waals surface area contributed by atoms with Crippen LogP contribution in [-0.2, 0) is 6.54 Å². The molecule has 0 amide bonds. The van der Waals surface area contributed by atoms with Crippen LogP contribution in [0.3, 0.4) is 0 Å². The van der Waals surface area contributed by atoms with Gasteiger partial charge in [0.2, 0.25) is 5.13 Å². The molecule has 0 radical (unpaired) electrons. The molecule has 16 heavy (non-hydrogen) atoms. The van der Waals surface area contributed by atoms with E-state index in [1.165, 1.54) is 22.2 Å². The third kappa shape index (κ3) is 2.51. The number of aromatic nitrogens is 5. The highest BCUT2D eigenvalue weighted by Crippen LogP contribution is 2.06. The first-order valence-electron chi connectivity index (χ1n) is 4.39. The molecule has 2 aromatic rings. The average Bonchev–Trinajstić information content (AvgIpc) is 2.87. The zero-order valence-corrected chi connectivity index (χ0v) is 8.89. The summed E-state index contributed by atoms with van der Waals surface area (Å²) in [5, 5.41) is 27.0. The van der Waals surface area contributed by atoms with Crippen molar-refractivity contribution in [3.8, 4) is 0 Å². The molecule has 0 aromatic carbocycles. The fourth-order valence-corrected chi connectivity index (χ4v) is 1.51. The van der Waals surface area contributed by atoms with Crippen LogP contribution in [0.5, 0.6) is 0 Å². The Labute approximate surface area is 93.9 Å². The first kappa shape index (κ1) is 10.5. The van der Waals surface area contributed by atoms with Crippen LogP contribution in [0.25, 0.3) is 0 Å². The molecule has 0 aliphatic heterocycles. The Morgan fingerprint density at radius 3 is 3.06 bits per heavy atom. The highest BCUT2D eigenvalue weighted by atomic mass is 32.1. The maximum absolute atomic E-state index is 10.5. The number of carbonyl (C=O) groups is 1. The Morgan fingerprint density at radius 1 is 1.56 bits per heavy atom. The highest BCUT2D eigenvalue weighted by molar-refractivity contribution is 7.13. The second-order valence-electron chi connectivity index (χ2n) is 2.84. The Balaban J connectivity index is 1.83. The van der Waals surface area contributed by atoms with Gasteiger partial charge in [-0.1, -0.05) is 16.6 Å². The van der Waals surface area contributed by atoms with Crippen molar-refractivity contribution in [2.45, 2.75) is 6.54 Å². The minimum atomic E-state index is -1.08. The Bertz CT molecular complexity index is 467. The molecule has 0 bridgehead atoms. The topological polar surface area (TPSA) is 106 Å². The van der Waals surface area contributed by atoms with Crippen molar-refractivity contribution in [1.29, 1.82) is 0 Å². The summed E-state index contributed by atoms with van der Waals surface area (Å²) in [4.78, 5) is 10.5. The van der Waals surface area contributed by atoms with Crippen LogP contribution in [0.15, 0.2) is 11.7 Å². The van der Waals surface area contributed by atoms with E-state index in [2.05, 4.69) is 25.8 Å². The molecule has 8 nitrogen and oxygen atoms in total. The smallest absolute Gasteiger partial charge is 0.358 e. The van der Waals surface area contributed by atoms with Crippen molar-refractivity contribution >= 4 is 22.4 Å². The van der Waals surface area contributed by atoms with Gasteiger partial charge in [-0.2, -0.15) is 0 Å². The van der Waals surface area contributed by atoms with Crippen LogP contribution in [0.1, 0.15) is 10.5 Å². The van der Waals surface area contributed by atoms with E-state index in [0.717, 1.165) is 5.13 Å². The van der Waals surface area contributed by atoms with Gasteiger partial charge in [-0.05, 0) is 0 Å². The first-order chi connectivity index (χ1) is 7.75. The molecular weight excluding hydrogens is 232 g/mol. The predicted molar refractivity (Wildman–Crippen MR) is 55.4 cm³/mol. The Morgan fingerprint density at radius 2 is 2.44 bits per heavy atom. The van der Waals surface area contributed by atoms with Gasteiger partial charge < -0.3 is 10.4 Å². The molecule has 84 valence electrons. The molecule has 2 N–H and O–H groups in total. The summed E-state index contributed by atoms with van der Waals surface area (Å²) in [7, 11) is 0. The molecule has 0 aliphatic carbocycles. The van der Waals surface area contributed by atoms with Crippen molar-refractivity contribution in [1.82, 2.24) is 25.2 Å². The molecule has 0 saturated heterocycles. The number of carboxylic acid groups (broad SMARTS) is 1. The van der Waals surface area contributed by atoms with E-state index in [9.17, 15) is 4.79 Å². The lowest BCUT2D eigenvalue weighted by Gasteiger charge is -2.00. The predicted octanol–water partition coefficient (Wildman–Crippen LogP) is -0.0601. The molecule has 2 aromatic heterocycles. The highest BCUT2D eigenvalue weighted by Gasteiger charge is 2.07. The van der Waals surface area contributed by atoms with Crippen LogP contribution >= 0.6 is 11.3 Å². The van der Waals surface area contributed by atoms with Crippen LogP contribution in [-0.4, -0.2) is 42.8 Å². The lowest BCUT2D eigenvalue weighted by molar-refractivity contribution is 0.0690. The summed E-state index contributed by atoms with van der Waals surface area (Å²) in [6, 6.07) is 0. The lowest BCUT2D eigenvalue weighted by Crippen LogP contribution is -2.10. The number of nitrogens with zero attached hydrogens (tertiary/aromatic N) is 5. The fourth-order valence-electron chi connectivity index (χ4n) is 1.03. The zero-order valence-electron chi connectivity index (χ0n) is 8.07. The summed E-state index contributed by atoms with van der Waals surface area (Å²) in [6.45, 7) is 1.09. The molecular formula is C7H8N6O2S. The second-order valence-corrected chi connectivity index (χ2v) is 3.68.